The van der Waals surface area contributed by atoms with Crippen molar-refractivity contribution in [3.8, 4) is 5.75 Å². The lowest BCUT2D eigenvalue weighted by Crippen LogP contribution is -2.34. The number of hydrogen-bond acceptors (Lipinski definition) is 3. The molecule has 0 bridgehead atoms. The van der Waals surface area contributed by atoms with E-state index in [1.54, 1.807) is 12.1 Å². The third-order valence-corrected chi connectivity index (χ3v) is 3.47. The number of carbonyl (C=O) groups excluding carboxylic acids is 1. The average molecular weight is 280 g/mol. The molecule has 4 nitrogen and oxygen atoms in total. The number of para-hydroxylation sites is 1. The van der Waals surface area contributed by atoms with Crippen molar-refractivity contribution in [2.75, 3.05) is 26.2 Å². The Morgan fingerprint density at radius 1 is 1.45 bits per heavy atom. The number of piperidine rings is 1. The third kappa shape index (κ3) is 4.81. The van der Waals surface area contributed by atoms with Crippen LogP contribution in [0.3, 0.4) is 0 Å². The molecule has 1 aromatic carbocycles. The molecule has 1 atom stereocenters. The number of hydrogen-bond donors (Lipinski definition) is 2. The summed E-state index contributed by atoms with van der Waals surface area (Å²) in [5.41, 5.74) is 0. The van der Waals surface area contributed by atoms with Crippen molar-refractivity contribution in [3.63, 3.8) is 0 Å². The minimum absolute atomic E-state index is 0.110. The molecule has 1 fully saturated rings. The highest BCUT2D eigenvalue weighted by atomic mass is 19.1. The molecule has 1 aliphatic heterocycles. The van der Waals surface area contributed by atoms with Crippen LogP contribution in [-0.2, 0) is 4.79 Å². The number of amides is 1. The van der Waals surface area contributed by atoms with Crippen molar-refractivity contribution < 1.29 is 13.9 Å². The molecule has 2 N–H and O–H groups in total. The van der Waals surface area contributed by atoms with Gasteiger partial charge in [0.1, 0.15) is 0 Å². The molecule has 0 aromatic heterocycles. The first-order chi connectivity index (χ1) is 9.75. The Bertz CT molecular complexity index is 434. The van der Waals surface area contributed by atoms with Crippen LogP contribution >= 0.6 is 0 Å². The molecule has 0 radical (unpaired) electrons. The molecular formula is C15H21FN2O2. The number of ether oxygens (including phenoxy) is 1. The molecule has 110 valence electrons. The van der Waals surface area contributed by atoms with Crippen molar-refractivity contribution >= 4 is 5.91 Å². The van der Waals surface area contributed by atoms with Gasteiger partial charge in [0, 0.05) is 6.54 Å². The number of rotatable bonds is 6. The number of carbonyl (C=O) groups is 1. The van der Waals surface area contributed by atoms with Crippen LogP contribution < -0.4 is 15.4 Å². The normalized spacial score (nSPS) is 18.6. The molecule has 0 saturated carbocycles. The molecule has 1 unspecified atom stereocenters. The lowest BCUT2D eigenvalue weighted by molar-refractivity contribution is -0.123. The SMILES string of the molecule is O=C(COc1ccccc1F)NCCC1CCCNC1. The first-order valence-corrected chi connectivity index (χ1v) is 7.10. The topological polar surface area (TPSA) is 50.4 Å². The lowest BCUT2D eigenvalue weighted by Gasteiger charge is -2.22. The highest BCUT2D eigenvalue weighted by molar-refractivity contribution is 5.77. The Morgan fingerprint density at radius 3 is 3.05 bits per heavy atom. The Hall–Kier alpha value is -1.62. The Labute approximate surface area is 118 Å². The van der Waals surface area contributed by atoms with Gasteiger partial charge in [0.15, 0.2) is 18.2 Å². The van der Waals surface area contributed by atoms with E-state index in [9.17, 15) is 9.18 Å². The van der Waals surface area contributed by atoms with Crippen LogP contribution in [0.2, 0.25) is 0 Å². The van der Waals surface area contributed by atoms with Crippen molar-refractivity contribution in [1.29, 1.82) is 0 Å². The van der Waals surface area contributed by atoms with Crippen molar-refractivity contribution in [3.05, 3.63) is 30.1 Å². The maximum atomic E-state index is 13.3. The summed E-state index contributed by atoms with van der Waals surface area (Å²) in [4.78, 5) is 11.6. The molecule has 1 aliphatic rings. The predicted octanol–water partition coefficient (Wildman–Crippen LogP) is 1.71. The van der Waals surface area contributed by atoms with Gasteiger partial charge in [-0.05, 0) is 50.4 Å². The van der Waals surface area contributed by atoms with Gasteiger partial charge in [-0.25, -0.2) is 4.39 Å². The number of halogens is 1. The van der Waals surface area contributed by atoms with Gasteiger partial charge in [-0.2, -0.15) is 0 Å². The molecule has 1 heterocycles. The summed E-state index contributed by atoms with van der Waals surface area (Å²) in [5, 5.41) is 6.15. The predicted molar refractivity (Wildman–Crippen MR) is 75.1 cm³/mol. The van der Waals surface area contributed by atoms with Crippen molar-refractivity contribution in [2.45, 2.75) is 19.3 Å². The monoisotopic (exact) mass is 280 g/mol. The first kappa shape index (κ1) is 14.8. The summed E-state index contributed by atoms with van der Waals surface area (Å²) in [6.45, 7) is 2.62. The second-order valence-electron chi connectivity index (χ2n) is 5.07. The smallest absolute Gasteiger partial charge is 0.257 e. The van der Waals surface area contributed by atoms with E-state index in [-0.39, 0.29) is 18.3 Å². The maximum absolute atomic E-state index is 13.3. The molecule has 1 amide bonds. The van der Waals surface area contributed by atoms with E-state index in [0.29, 0.717) is 12.5 Å². The van der Waals surface area contributed by atoms with Gasteiger partial charge >= 0.3 is 0 Å². The van der Waals surface area contributed by atoms with Gasteiger partial charge in [0.2, 0.25) is 0 Å². The zero-order valence-corrected chi connectivity index (χ0v) is 11.5. The van der Waals surface area contributed by atoms with Gasteiger partial charge in [-0.3, -0.25) is 4.79 Å². The molecule has 0 aliphatic carbocycles. The zero-order valence-electron chi connectivity index (χ0n) is 11.5. The van der Waals surface area contributed by atoms with Gasteiger partial charge in [-0.1, -0.05) is 12.1 Å². The van der Waals surface area contributed by atoms with E-state index in [1.165, 1.54) is 25.0 Å². The Kier molecular flexibility index (Phi) is 5.80. The lowest BCUT2D eigenvalue weighted by atomic mass is 9.96. The zero-order chi connectivity index (χ0) is 14.2. The number of benzene rings is 1. The summed E-state index contributed by atoms with van der Waals surface area (Å²) in [7, 11) is 0. The highest BCUT2D eigenvalue weighted by Crippen LogP contribution is 2.15. The molecule has 0 spiro atoms. The van der Waals surface area contributed by atoms with E-state index in [1.807, 2.05) is 0 Å². The van der Waals surface area contributed by atoms with Crippen LogP contribution in [0.1, 0.15) is 19.3 Å². The van der Waals surface area contributed by atoms with Crippen LogP contribution in [0.5, 0.6) is 5.75 Å². The summed E-state index contributed by atoms with van der Waals surface area (Å²) in [6.07, 6.45) is 3.39. The Morgan fingerprint density at radius 2 is 2.30 bits per heavy atom. The van der Waals surface area contributed by atoms with Crippen LogP contribution in [0.15, 0.2) is 24.3 Å². The van der Waals surface area contributed by atoms with E-state index in [4.69, 9.17) is 4.74 Å². The van der Waals surface area contributed by atoms with Crippen molar-refractivity contribution in [2.24, 2.45) is 5.92 Å². The van der Waals surface area contributed by atoms with E-state index in [0.717, 1.165) is 19.5 Å². The van der Waals surface area contributed by atoms with Gasteiger partial charge in [0.05, 0.1) is 0 Å². The molecule has 5 heteroatoms. The fraction of sp³-hybridized carbons (Fsp3) is 0.533. The summed E-state index contributed by atoms with van der Waals surface area (Å²) in [5.74, 6) is 0.0845. The first-order valence-electron chi connectivity index (χ1n) is 7.10. The van der Waals surface area contributed by atoms with Crippen molar-refractivity contribution in [1.82, 2.24) is 10.6 Å². The highest BCUT2D eigenvalue weighted by Gasteiger charge is 2.13. The summed E-state index contributed by atoms with van der Waals surface area (Å²) >= 11 is 0. The minimum atomic E-state index is -0.450. The van der Waals surface area contributed by atoms with Crippen LogP contribution in [-0.4, -0.2) is 32.1 Å². The summed E-state index contributed by atoms with van der Waals surface area (Å²) < 4.78 is 18.4. The van der Waals surface area contributed by atoms with Crippen LogP contribution in [0.25, 0.3) is 0 Å². The molecular weight excluding hydrogens is 259 g/mol. The van der Waals surface area contributed by atoms with E-state index >= 15 is 0 Å². The minimum Gasteiger partial charge on any atom is -0.481 e. The van der Waals surface area contributed by atoms with Gasteiger partial charge < -0.3 is 15.4 Å². The maximum Gasteiger partial charge on any atom is 0.257 e. The van der Waals surface area contributed by atoms with Crippen LogP contribution in [0, 0.1) is 11.7 Å². The van der Waals surface area contributed by atoms with Crippen LogP contribution in [0.4, 0.5) is 4.39 Å². The molecule has 20 heavy (non-hydrogen) atoms. The van der Waals surface area contributed by atoms with E-state index in [2.05, 4.69) is 10.6 Å². The molecule has 1 aromatic rings. The fourth-order valence-corrected chi connectivity index (χ4v) is 2.34. The fourth-order valence-electron chi connectivity index (χ4n) is 2.34. The third-order valence-electron chi connectivity index (χ3n) is 3.47. The van der Waals surface area contributed by atoms with E-state index < -0.39 is 5.82 Å². The largest absolute Gasteiger partial charge is 0.481 e. The average Bonchev–Trinajstić information content (AvgIpc) is 2.47. The summed E-state index contributed by atoms with van der Waals surface area (Å²) in [6, 6.07) is 6.08. The quantitative estimate of drug-likeness (QED) is 0.834. The molecule has 2 rings (SSSR count). The van der Waals surface area contributed by atoms with Gasteiger partial charge in [-0.15, -0.1) is 0 Å². The van der Waals surface area contributed by atoms with Gasteiger partial charge in [0.25, 0.3) is 5.91 Å². The standard InChI is InChI=1S/C15H21FN2O2/c16-13-5-1-2-6-14(13)20-11-15(19)18-9-7-12-4-3-8-17-10-12/h1-2,5-6,12,17H,3-4,7-11H2,(H,18,19). The second kappa shape index (κ2) is 7.85. The molecule has 1 saturated heterocycles. The second-order valence-corrected chi connectivity index (χ2v) is 5.07. The number of nitrogens with one attached hydrogen (secondary N) is 2. The Balaban J connectivity index is 1.62.